The van der Waals surface area contributed by atoms with Crippen molar-refractivity contribution in [3.8, 4) is 0 Å². The molecular weight excluding hydrogens is 330 g/mol. The van der Waals surface area contributed by atoms with Crippen LogP contribution in [-0.2, 0) is 32.1 Å². The van der Waals surface area contributed by atoms with Gasteiger partial charge < -0.3 is 15.2 Å². The molecule has 5 nitrogen and oxygen atoms in total. The highest BCUT2D eigenvalue weighted by Gasteiger charge is 2.31. The molecule has 2 rings (SSSR count). The fourth-order valence-corrected chi connectivity index (χ4v) is 2.49. The number of hydrogen-bond donors (Lipinski definition) is 1. The van der Waals surface area contributed by atoms with E-state index in [1.165, 1.54) is 0 Å². The summed E-state index contributed by atoms with van der Waals surface area (Å²) in [7, 11) is 0. The van der Waals surface area contributed by atoms with Gasteiger partial charge in [0.1, 0.15) is 12.5 Å². The van der Waals surface area contributed by atoms with Crippen molar-refractivity contribution in [3.05, 3.63) is 83.7 Å². The first-order valence-corrected chi connectivity index (χ1v) is 8.49. The highest BCUT2D eigenvalue weighted by molar-refractivity contribution is 6.07. The summed E-state index contributed by atoms with van der Waals surface area (Å²) in [6, 6.07) is 18.6. The fourth-order valence-electron chi connectivity index (χ4n) is 2.49. The van der Waals surface area contributed by atoms with Crippen LogP contribution in [-0.4, -0.2) is 18.4 Å². The Labute approximate surface area is 153 Å². The summed E-state index contributed by atoms with van der Waals surface area (Å²) in [6.45, 7) is 2.14. The van der Waals surface area contributed by atoms with Gasteiger partial charge in [0.15, 0.2) is 5.76 Å². The first-order valence-electron chi connectivity index (χ1n) is 8.49. The zero-order chi connectivity index (χ0) is 18.8. The SMILES string of the molecule is CCOC(=CN)C(=O)C(Cc1ccccc1)C(=O)OCc1ccccc1. The molecule has 2 N–H and O–H groups in total. The van der Waals surface area contributed by atoms with Gasteiger partial charge in [0, 0.05) is 6.20 Å². The smallest absolute Gasteiger partial charge is 0.317 e. The molecule has 2 aromatic carbocycles. The van der Waals surface area contributed by atoms with E-state index < -0.39 is 17.7 Å². The van der Waals surface area contributed by atoms with Crippen LogP contribution in [0.3, 0.4) is 0 Å². The lowest BCUT2D eigenvalue weighted by Crippen LogP contribution is -2.30. The van der Waals surface area contributed by atoms with E-state index in [2.05, 4.69) is 0 Å². The first kappa shape index (κ1) is 19.2. The molecule has 0 aliphatic carbocycles. The number of esters is 1. The Morgan fingerprint density at radius 1 is 0.962 bits per heavy atom. The highest BCUT2D eigenvalue weighted by atomic mass is 16.5. The Morgan fingerprint density at radius 3 is 2.08 bits per heavy atom. The predicted octanol–water partition coefficient (Wildman–Crippen LogP) is 2.99. The second kappa shape index (κ2) is 10.0. The molecule has 0 spiro atoms. The van der Waals surface area contributed by atoms with Gasteiger partial charge in [-0.15, -0.1) is 0 Å². The Bertz CT molecular complexity index is 741. The molecule has 0 aliphatic heterocycles. The summed E-state index contributed by atoms with van der Waals surface area (Å²) in [5.41, 5.74) is 7.21. The number of Topliss-reactive ketones (excluding diaryl/α,β-unsaturated/α-hetero) is 1. The number of ether oxygens (including phenoxy) is 2. The van der Waals surface area contributed by atoms with Crippen LogP contribution in [0, 0.1) is 5.92 Å². The Kier molecular flexibility index (Phi) is 7.43. The quantitative estimate of drug-likeness (QED) is 0.324. The number of hydrogen-bond acceptors (Lipinski definition) is 5. The van der Waals surface area contributed by atoms with Crippen molar-refractivity contribution >= 4 is 11.8 Å². The predicted molar refractivity (Wildman–Crippen MR) is 98.8 cm³/mol. The molecule has 0 fully saturated rings. The van der Waals surface area contributed by atoms with E-state index in [1.54, 1.807) is 6.92 Å². The van der Waals surface area contributed by atoms with Gasteiger partial charge in [0.25, 0.3) is 0 Å². The maximum atomic E-state index is 12.7. The van der Waals surface area contributed by atoms with Gasteiger partial charge in [-0.05, 0) is 24.5 Å². The third-order valence-corrected chi connectivity index (χ3v) is 3.80. The van der Waals surface area contributed by atoms with E-state index in [0.717, 1.165) is 17.3 Å². The Morgan fingerprint density at radius 2 is 1.54 bits per heavy atom. The number of benzene rings is 2. The molecule has 2 aromatic rings. The van der Waals surface area contributed by atoms with Crippen LogP contribution in [0.5, 0.6) is 0 Å². The molecule has 26 heavy (non-hydrogen) atoms. The van der Waals surface area contributed by atoms with Crippen molar-refractivity contribution in [3.63, 3.8) is 0 Å². The minimum absolute atomic E-state index is 0.0231. The lowest BCUT2D eigenvalue weighted by molar-refractivity contribution is -0.153. The molecule has 0 saturated heterocycles. The van der Waals surface area contributed by atoms with E-state index in [1.807, 2.05) is 60.7 Å². The molecule has 5 heteroatoms. The zero-order valence-electron chi connectivity index (χ0n) is 14.8. The van der Waals surface area contributed by atoms with Crippen LogP contribution >= 0.6 is 0 Å². The molecule has 136 valence electrons. The molecule has 1 unspecified atom stereocenters. The number of nitrogens with two attached hydrogens (primary N) is 1. The zero-order valence-corrected chi connectivity index (χ0v) is 14.8. The van der Waals surface area contributed by atoms with Gasteiger partial charge in [-0.2, -0.15) is 0 Å². The third-order valence-electron chi connectivity index (χ3n) is 3.80. The Balaban J connectivity index is 2.15. The van der Waals surface area contributed by atoms with E-state index in [-0.39, 0.29) is 25.4 Å². The molecule has 0 aromatic heterocycles. The average molecular weight is 353 g/mol. The summed E-state index contributed by atoms with van der Waals surface area (Å²) < 4.78 is 10.6. The Hall–Kier alpha value is -3.08. The number of carbonyl (C=O) groups is 2. The van der Waals surface area contributed by atoms with E-state index in [9.17, 15) is 9.59 Å². The normalized spacial score (nSPS) is 12.3. The van der Waals surface area contributed by atoms with Gasteiger partial charge >= 0.3 is 5.97 Å². The molecule has 0 bridgehead atoms. The van der Waals surface area contributed by atoms with Crippen molar-refractivity contribution < 1.29 is 19.1 Å². The monoisotopic (exact) mass is 353 g/mol. The van der Waals surface area contributed by atoms with E-state index >= 15 is 0 Å². The molecule has 0 aliphatic rings. The maximum absolute atomic E-state index is 12.7. The van der Waals surface area contributed by atoms with Crippen molar-refractivity contribution in [2.24, 2.45) is 11.7 Å². The lowest BCUT2D eigenvalue weighted by Gasteiger charge is -2.17. The molecule has 0 saturated carbocycles. The summed E-state index contributed by atoms with van der Waals surface area (Å²) in [5.74, 6) is -2.11. The van der Waals surface area contributed by atoms with Crippen LogP contribution in [0.2, 0.25) is 0 Å². The van der Waals surface area contributed by atoms with E-state index in [0.29, 0.717) is 0 Å². The summed E-state index contributed by atoms with van der Waals surface area (Å²) >= 11 is 0. The highest BCUT2D eigenvalue weighted by Crippen LogP contribution is 2.17. The van der Waals surface area contributed by atoms with E-state index in [4.69, 9.17) is 15.2 Å². The third kappa shape index (κ3) is 5.48. The standard InChI is InChI=1S/C21H23NO4/c1-2-25-19(14-22)20(23)18(13-16-9-5-3-6-10-16)21(24)26-15-17-11-7-4-8-12-17/h3-12,14,18H,2,13,15,22H2,1H3. The summed E-state index contributed by atoms with van der Waals surface area (Å²) in [6.07, 6.45) is 1.31. The van der Waals surface area contributed by atoms with Crippen LogP contribution in [0.25, 0.3) is 0 Å². The number of rotatable bonds is 9. The van der Waals surface area contributed by atoms with Gasteiger partial charge in [-0.1, -0.05) is 60.7 Å². The lowest BCUT2D eigenvalue weighted by atomic mass is 9.94. The van der Waals surface area contributed by atoms with Gasteiger partial charge in [0.2, 0.25) is 5.78 Å². The van der Waals surface area contributed by atoms with Crippen LogP contribution < -0.4 is 5.73 Å². The topological polar surface area (TPSA) is 78.6 Å². The number of ketones is 1. The average Bonchev–Trinajstić information content (AvgIpc) is 2.69. The van der Waals surface area contributed by atoms with Crippen LogP contribution in [0.4, 0.5) is 0 Å². The van der Waals surface area contributed by atoms with Crippen molar-refractivity contribution in [1.29, 1.82) is 0 Å². The second-order valence-electron chi connectivity index (χ2n) is 5.66. The van der Waals surface area contributed by atoms with Gasteiger partial charge in [-0.3, -0.25) is 9.59 Å². The largest absolute Gasteiger partial charge is 0.489 e. The summed E-state index contributed by atoms with van der Waals surface area (Å²) in [4.78, 5) is 25.4. The van der Waals surface area contributed by atoms with Crippen molar-refractivity contribution in [2.75, 3.05) is 6.61 Å². The molecule has 0 amide bonds. The molecule has 0 radical (unpaired) electrons. The maximum Gasteiger partial charge on any atom is 0.317 e. The minimum Gasteiger partial charge on any atom is -0.489 e. The van der Waals surface area contributed by atoms with Gasteiger partial charge in [-0.25, -0.2) is 0 Å². The first-order chi connectivity index (χ1) is 12.7. The molecule has 0 heterocycles. The van der Waals surface area contributed by atoms with Crippen LogP contribution in [0.1, 0.15) is 18.1 Å². The number of allylic oxidation sites excluding steroid dienone is 1. The van der Waals surface area contributed by atoms with Crippen molar-refractivity contribution in [2.45, 2.75) is 20.0 Å². The second-order valence-corrected chi connectivity index (χ2v) is 5.66. The fraction of sp³-hybridized carbons (Fsp3) is 0.238. The molecular formula is C21H23NO4. The minimum atomic E-state index is -1.01. The van der Waals surface area contributed by atoms with Crippen LogP contribution in [0.15, 0.2) is 72.6 Å². The van der Waals surface area contributed by atoms with Gasteiger partial charge in [0.05, 0.1) is 6.61 Å². The molecule has 1 atom stereocenters. The van der Waals surface area contributed by atoms with Crippen molar-refractivity contribution in [1.82, 2.24) is 0 Å². The summed E-state index contributed by atoms with van der Waals surface area (Å²) in [5, 5.41) is 0. The number of carbonyl (C=O) groups excluding carboxylic acids is 2.